The van der Waals surface area contributed by atoms with E-state index in [0.717, 1.165) is 34.5 Å². The minimum Gasteiger partial charge on any atom is -0.389 e. The van der Waals surface area contributed by atoms with E-state index in [4.69, 9.17) is 4.99 Å². The molecule has 0 bridgehead atoms. The molecule has 1 aliphatic rings. The zero-order valence-corrected chi connectivity index (χ0v) is 15.9. The van der Waals surface area contributed by atoms with Crippen molar-refractivity contribution in [3.05, 3.63) is 70.8 Å². The summed E-state index contributed by atoms with van der Waals surface area (Å²) in [6.07, 6.45) is 3.90. The lowest BCUT2D eigenvalue weighted by molar-refractivity contribution is 0.192. The summed E-state index contributed by atoms with van der Waals surface area (Å²) in [6.45, 7) is 7.89. The zero-order chi connectivity index (χ0) is 18.9. The standard InChI is InChI=1S/C23H27NO2/c1-5-23(4)20-8-6-7-9-21(20)24-22(23)13-12-17-10-11-18(15(2)25)14-19(17)16(3)26/h6-16,25-26H,5H2,1-4H3/b13-12+. The smallest absolute Gasteiger partial charge is 0.0767 e. The summed E-state index contributed by atoms with van der Waals surface area (Å²) in [5.41, 5.74) is 5.81. The first kappa shape index (κ1) is 18.6. The fourth-order valence-electron chi connectivity index (χ4n) is 3.56. The molecule has 2 N–H and O–H groups in total. The zero-order valence-electron chi connectivity index (χ0n) is 15.9. The van der Waals surface area contributed by atoms with E-state index in [-0.39, 0.29) is 5.41 Å². The number of nitrogens with zero attached hydrogens (tertiary/aromatic N) is 1. The van der Waals surface area contributed by atoms with E-state index >= 15 is 0 Å². The largest absolute Gasteiger partial charge is 0.389 e. The number of hydrogen-bond acceptors (Lipinski definition) is 3. The van der Waals surface area contributed by atoms with Gasteiger partial charge in [0, 0.05) is 5.41 Å². The maximum absolute atomic E-state index is 10.1. The van der Waals surface area contributed by atoms with Crippen molar-refractivity contribution in [2.45, 2.75) is 51.7 Å². The van der Waals surface area contributed by atoms with Crippen molar-refractivity contribution in [2.24, 2.45) is 4.99 Å². The molecule has 2 aromatic carbocycles. The SMILES string of the molecule is CCC1(C)C(/C=C/c2ccc(C(C)O)cc2C(C)O)=Nc2ccccc21. The number of rotatable bonds is 5. The number of aliphatic hydroxyl groups is 2. The van der Waals surface area contributed by atoms with Crippen LogP contribution >= 0.6 is 0 Å². The Morgan fingerprint density at radius 1 is 1.04 bits per heavy atom. The molecule has 0 radical (unpaired) electrons. The van der Waals surface area contributed by atoms with Crippen LogP contribution in [0, 0.1) is 0 Å². The maximum Gasteiger partial charge on any atom is 0.0767 e. The highest BCUT2D eigenvalue weighted by Gasteiger charge is 2.35. The van der Waals surface area contributed by atoms with E-state index in [0.29, 0.717) is 0 Å². The second kappa shape index (κ2) is 7.18. The number of benzene rings is 2. The van der Waals surface area contributed by atoms with Crippen LogP contribution < -0.4 is 0 Å². The molecule has 0 aliphatic carbocycles. The molecule has 3 unspecified atom stereocenters. The van der Waals surface area contributed by atoms with Crippen LogP contribution in [-0.2, 0) is 5.41 Å². The quantitative estimate of drug-likeness (QED) is 0.773. The molecule has 3 nitrogen and oxygen atoms in total. The van der Waals surface area contributed by atoms with Gasteiger partial charge in [0.25, 0.3) is 0 Å². The molecule has 0 fully saturated rings. The van der Waals surface area contributed by atoms with Crippen molar-refractivity contribution >= 4 is 17.5 Å². The van der Waals surface area contributed by atoms with Crippen molar-refractivity contribution in [1.82, 2.24) is 0 Å². The molecule has 0 spiro atoms. The van der Waals surface area contributed by atoms with Crippen molar-refractivity contribution in [3.63, 3.8) is 0 Å². The van der Waals surface area contributed by atoms with Gasteiger partial charge in [-0.05, 0) is 61.6 Å². The van der Waals surface area contributed by atoms with Gasteiger partial charge in [-0.15, -0.1) is 0 Å². The molecule has 136 valence electrons. The Morgan fingerprint density at radius 3 is 2.42 bits per heavy atom. The summed E-state index contributed by atoms with van der Waals surface area (Å²) >= 11 is 0. The number of fused-ring (bicyclic) bond motifs is 1. The second-order valence-corrected chi connectivity index (χ2v) is 7.27. The molecule has 1 aliphatic heterocycles. The van der Waals surface area contributed by atoms with Gasteiger partial charge in [-0.2, -0.15) is 0 Å². The molecule has 0 aromatic heterocycles. The summed E-state index contributed by atoms with van der Waals surface area (Å²) in [7, 11) is 0. The minimum absolute atomic E-state index is 0.0996. The lowest BCUT2D eigenvalue weighted by Gasteiger charge is -2.24. The number of aliphatic imine (C=N–C) groups is 1. The molecule has 0 saturated carbocycles. The monoisotopic (exact) mass is 349 g/mol. The first-order valence-corrected chi connectivity index (χ1v) is 9.23. The van der Waals surface area contributed by atoms with E-state index < -0.39 is 12.2 Å². The van der Waals surface area contributed by atoms with Crippen molar-refractivity contribution in [3.8, 4) is 0 Å². The first-order chi connectivity index (χ1) is 12.4. The third kappa shape index (κ3) is 3.25. The van der Waals surface area contributed by atoms with Crippen LogP contribution in [0.25, 0.3) is 6.08 Å². The molecular formula is C23H27NO2. The Labute approximate surface area is 155 Å². The predicted molar refractivity (Wildman–Crippen MR) is 108 cm³/mol. The Balaban J connectivity index is 1.98. The molecule has 26 heavy (non-hydrogen) atoms. The van der Waals surface area contributed by atoms with Crippen LogP contribution in [0.15, 0.2) is 53.5 Å². The molecule has 1 heterocycles. The van der Waals surface area contributed by atoms with Gasteiger partial charge in [-0.1, -0.05) is 49.4 Å². The van der Waals surface area contributed by atoms with E-state index in [1.807, 2.05) is 30.3 Å². The van der Waals surface area contributed by atoms with Gasteiger partial charge < -0.3 is 10.2 Å². The first-order valence-electron chi connectivity index (χ1n) is 9.23. The normalized spacial score (nSPS) is 21.5. The number of aliphatic hydroxyl groups excluding tert-OH is 2. The topological polar surface area (TPSA) is 52.8 Å². The van der Waals surface area contributed by atoms with Crippen molar-refractivity contribution < 1.29 is 10.2 Å². The molecule has 3 heteroatoms. The van der Waals surface area contributed by atoms with Crippen LogP contribution in [0.4, 0.5) is 5.69 Å². The summed E-state index contributed by atoms with van der Waals surface area (Å²) in [6, 6.07) is 14.0. The second-order valence-electron chi connectivity index (χ2n) is 7.27. The Bertz CT molecular complexity index is 864. The van der Waals surface area contributed by atoms with Crippen LogP contribution in [0.2, 0.25) is 0 Å². The fourth-order valence-corrected chi connectivity index (χ4v) is 3.56. The highest BCUT2D eigenvalue weighted by atomic mass is 16.3. The van der Waals surface area contributed by atoms with Crippen LogP contribution in [0.5, 0.6) is 0 Å². The third-order valence-corrected chi connectivity index (χ3v) is 5.48. The van der Waals surface area contributed by atoms with Crippen LogP contribution in [0.1, 0.15) is 68.6 Å². The molecule has 2 aromatic rings. The van der Waals surface area contributed by atoms with Crippen LogP contribution in [0.3, 0.4) is 0 Å². The van der Waals surface area contributed by atoms with Crippen molar-refractivity contribution in [2.75, 3.05) is 0 Å². The van der Waals surface area contributed by atoms with Crippen LogP contribution in [-0.4, -0.2) is 15.9 Å². The van der Waals surface area contributed by atoms with Gasteiger partial charge in [-0.3, -0.25) is 4.99 Å². The molecule has 3 atom stereocenters. The lowest BCUT2D eigenvalue weighted by Crippen LogP contribution is -2.27. The Hall–Kier alpha value is -2.23. The molecular weight excluding hydrogens is 322 g/mol. The van der Waals surface area contributed by atoms with E-state index in [2.05, 4.69) is 38.1 Å². The lowest BCUT2D eigenvalue weighted by atomic mass is 9.77. The molecule has 3 rings (SSSR count). The van der Waals surface area contributed by atoms with Gasteiger partial charge in [-0.25, -0.2) is 0 Å². The highest BCUT2D eigenvalue weighted by molar-refractivity contribution is 6.10. The maximum atomic E-state index is 10.1. The van der Waals surface area contributed by atoms with E-state index in [9.17, 15) is 10.2 Å². The fraction of sp³-hybridized carbons (Fsp3) is 0.348. The number of hydrogen-bond donors (Lipinski definition) is 2. The Morgan fingerprint density at radius 2 is 1.77 bits per heavy atom. The summed E-state index contributed by atoms with van der Waals surface area (Å²) in [4.78, 5) is 4.84. The van der Waals surface area contributed by atoms with Crippen molar-refractivity contribution in [1.29, 1.82) is 0 Å². The summed E-state index contributed by atoms with van der Waals surface area (Å²) in [5.74, 6) is 0. The molecule has 0 amide bonds. The van der Waals surface area contributed by atoms with Gasteiger partial charge >= 0.3 is 0 Å². The number of allylic oxidation sites excluding steroid dienone is 1. The minimum atomic E-state index is -0.603. The number of para-hydroxylation sites is 1. The van der Waals surface area contributed by atoms with E-state index in [1.165, 1.54) is 5.56 Å². The molecule has 0 saturated heterocycles. The van der Waals surface area contributed by atoms with Gasteiger partial charge in [0.2, 0.25) is 0 Å². The summed E-state index contributed by atoms with van der Waals surface area (Å²) < 4.78 is 0. The third-order valence-electron chi connectivity index (χ3n) is 5.48. The predicted octanol–water partition coefficient (Wildman–Crippen LogP) is 5.26. The average Bonchev–Trinajstić information content (AvgIpc) is 2.92. The highest BCUT2D eigenvalue weighted by Crippen LogP contribution is 2.42. The summed E-state index contributed by atoms with van der Waals surface area (Å²) in [5, 5.41) is 20.0. The van der Waals surface area contributed by atoms with E-state index in [1.54, 1.807) is 13.8 Å². The van der Waals surface area contributed by atoms with Gasteiger partial charge in [0.05, 0.1) is 23.6 Å². The van der Waals surface area contributed by atoms with Gasteiger partial charge in [0.15, 0.2) is 0 Å². The Kier molecular flexibility index (Phi) is 5.12. The average molecular weight is 349 g/mol. The van der Waals surface area contributed by atoms with Gasteiger partial charge in [0.1, 0.15) is 0 Å².